The lowest BCUT2D eigenvalue weighted by atomic mass is 9.92. The van der Waals surface area contributed by atoms with Crippen LogP contribution in [0.15, 0.2) is 0 Å². The maximum absolute atomic E-state index is 14.4. The van der Waals surface area contributed by atoms with Gasteiger partial charge in [0.25, 0.3) is 0 Å². The summed E-state index contributed by atoms with van der Waals surface area (Å²) in [6, 6.07) is -0.946. The summed E-state index contributed by atoms with van der Waals surface area (Å²) in [6.07, 6.45) is 1.42. The van der Waals surface area contributed by atoms with Crippen LogP contribution >= 0.6 is 0 Å². The summed E-state index contributed by atoms with van der Waals surface area (Å²) < 4.78 is 34.0. The van der Waals surface area contributed by atoms with Gasteiger partial charge in [-0.15, -0.1) is 0 Å². The molecule has 0 aliphatic carbocycles. The largest absolute Gasteiger partial charge is 0.458 e. The second-order valence-corrected chi connectivity index (χ2v) is 7.48. The monoisotopic (exact) mass is 378 g/mol. The first-order valence-corrected chi connectivity index (χ1v) is 8.81. The fourth-order valence-electron chi connectivity index (χ4n) is 2.95. The van der Waals surface area contributed by atoms with Crippen LogP contribution in [0.2, 0.25) is 0 Å². The van der Waals surface area contributed by atoms with Gasteiger partial charge in [0.15, 0.2) is 0 Å². The minimum absolute atomic E-state index is 0.141. The average Bonchev–Trinajstić information content (AvgIpc) is 3.02. The van der Waals surface area contributed by atoms with Crippen LogP contribution in [0.1, 0.15) is 59.8 Å². The number of unbranched alkanes of at least 4 members (excludes halogenated alkanes) is 1. The molecule has 1 aliphatic rings. The molecule has 1 saturated heterocycles. The second kappa shape index (κ2) is 8.75. The maximum Gasteiger partial charge on any atom is 0.338 e. The molecule has 0 bridgehead atoms. The summed E-state index contributed by atoms with van der Waals surface area (Å²) in [6.45, 7) is 6.94. The van der Waals surface area contributed by atoms with E-state index in [-0.39, 0.29) is 13.0 Å². The molecule has 26 heavy (non-hydrogen) atoms. The number of carbonyl (C=O) groups excluding carboxylic acids is 3. The lowest BCUT2D eigenvalue weighted by Gasteiger charge is -2.32. The van der Waals surface area contributed by atoms with Gasteiger partial charge in [-0.2, -0.15) is 8.78 Å². The van der Waals surface area contributed by atoms with Crippen LogP contribution in [0.5, 0.6) is 0 Å². The van der Waals surface area contributed by atoms with Crippen molar-refractivity contribution in [2.75, 3.05) is 6.54 Å². The minimum atomic E-state index is -4.08. The summed E-state index contributed by atoms with van der Waals surface area (Å²) in [5, 5.41) is 8.58. The highest BCUT2D eigenvalue weighted by Gasteiger charge is 2.53. The van der Waals surface area contributed by atoms with Gasteiger partial charge in [0.1, 0.15) is 17.6 Å². The van der Waals surface area contributed by atoms with Gasteiger partial charge in [0.2, 0.25) is 5.91 Å². The summed E-state index contributed by atoms with van der Waals surface area (Å²) in [7, 11) is 0. The van der Waals surface area contributed by atoms with Gasteiger partial charge in [0, 0.05) is 6.54 Å². The summed E-state index contributed by atoms with van der Waals surface area (Å²) in [4.78, 5) is 37.6. The van der Waals surface area contributed by atoms with E-state index in [0.717, 1.165) is 10.4 Å². The van der Waals surface area contributed by atoms with Crippen molar-refractivity contribution in [1.82, 2.24) is 10.4 Å². The number of hydroxylamine groups is 1. The molecule has 0 spiro atoms. The maximum atomic E-state index is 14.4. The number of esters is 1. The molecule has 7 nitrogen and oxygen atoms in total. The molecule has 0 saturated carbocycles. The average molecular weight is 378 g/mol. The smallest absolute Gasteiger partial charge is 0.338 e. The molecule has 2 amide bonds. The van der Waals surface area contributed by atoms with Crippen molar-refractivity contribution in [2.45, 2.75) is 77.4 Å². The molecule has 0 aromatic rings. The lowest BCUT2D eigenvalue weighted by Crippen LogP contribution is -2.53. The van der Waals surface area contributed by atoms with Crippen LogP contribution in [0.4, 0.5) is 8.78 Å². The van der Waals surface area contributed by atoms with Crippen LogP contribution in [0.25, 0.3) is 0 Å². The predicted octanol–water partition coefficient (Wildman–Crippen LogP) is 2.27. The SMILES string of the molecule is CCCC[C@@H](C(=O)N1CCC[C@H]1C(=O)OC(C)(C)C)C(F)(F)C(=O)NO. The molecule has 2 atom stereocenters. The quantitative estimate of drug-likeness (QED) is 0.402. The number of rotatable bonds is 7. The number of amides is 2. The molecule has 9 heteroatoms. The third kappa shape index (κ3) is 5.36. The Morgan fingerprint density at radius 1 is 1.31 bits per heavy atom. The Labute approximate surface area is 152 Å². The molecule has 0 aromatic heterocycles. The van der Waals surface area contributed by atoms with Crippen molar-refractivity contribution in [3.8, 4) is 0 Å². The second-order valence-electron chi connectivity index (χ2n) is 7.48. The van der Waals surface area contributed by atoms with E-state index < -0.39 is 41.3 Å². The van der Waals surface area contributed by atoms with E-state index in [1.807, 2.05) is 0 Å². The fourth-order valence-corrected chi connectivity index (χ4v) is 2.95. The van der Waals surface area contributed by atoms with Crippen molar-refractivity contribution >= 4 is 17.8 Å². The minimum Gasteiger partial charge on any atom is -0.458 e. The molecule has 1 heterocycles. The number of carbonyl (C=O) groups is 3. The molecule has 1 fully saturated rings. The van der Waals surface area contributed by atoms with Crippen molar-refractivity contribution in [3.63, 3.8) is 0 Å². The van der Waals surface area contributed by atoms with E-state index >= 15 is 0 Å². The van der Waals surface area contributed by atoms with Crippen LogP contribution in [0.3, 0.4) is 0 Å². The zero-order valence-corrected chi connectivity index (χ0v) is 15.7. The fraction of sp³-hybridized carbons (Fsp3) is 0.824. The van der Waals surface area contributed by atoms with Crippen molar-refractivity contribution < 1.29 is 33.1 Å². The van der Waals surface area contributed by atoms with Gasteiger partial charge in [-0.05, 0) is 40.0 Å². The number of ether oxygens (including phenoxy) is 1. The first-order chi connectivity index (χ1) is 12.0. The Balaban J connectivity index is 3.05. The van der Waals surface area contributed by atoms with E-state index in [2.05, 4.69) is 0 Å². The molecule has 0 aromatic carbocycles. The highest BCUT2D eigenvalue weighted by atomic mass is 19.3. The number of hydrogen-bond acceptors (Lipinski definition) is 5. The summed E-state index contributed by atoms with van der Waals surface area (Å²) in [5.74, 6) is -9.58. The number of alkyl halides is 2. The highest BCUT2D eigenvalue weighted by molar-refractivity contribution is 5.93. The normalized spacial score (nSPS) is 19.2. The van der Waals surface area contributed by atoms with E-state index in [9.17, 15) is 23.2 Å². The standard InChI is InChI=1S/C17H28F2N2O5/c1-5-6-8-11(17(18,19)15(24)20-25)13(22)21-10-7-9-12(21)14(23)26-16(2,3)4/h11-12,25H,5-10H2,1-4H3,(H,20,24)/t11-,12-/m0/s1. The Bertz CT molecular complexity index is 534. The number of hydrogen-bond donors (Lipinski definition) is 2. The van der Waals surface area contributed by atoms with Gasteiger partial charge in [-0.25, -0.2) is 10.3 Å². The molecular weight excluding hydrogens is 350 g/mol. The molecule has 1 aliphatic heterocycles. The van der Waals surface area contributed by atoms with E-state index in [0.29, 0.717) is 25.7 Å². The molecule has 0 radical (unpaired) electrons. The van der Waals surface area contributed by atoms with Crippen molar-refractivity contribution in [3.05, 3.63) is 0 Å². The number of nitrogens with one attached hydrogen (secondary N) is 1. The van der Waals surface area contributed by atoms with E-state index in [1.54, 1.807) is 27.7 Å². The first-order valence-electron chi connectivity index (χ1n) is 8.81. The van der Waals surface area contributed by atoms with Crippen LogP contribution in [-0.4, -0.2) is 52.0 Å². The Hall–Kier alpha value is -1.77. The van der Waals surface area contributed by atoms with Gasteiger partial charge >= 0.3 is 17.8 Å². The number of likely N-dealkylation sites (tertiary alicyclic amines) is 1. The Kier molecular flexibility index (Phi) is 7.49. The summed E-state index contributed by atoms with van der Waals surface area (Å²) >= 11 is 0. The molecule has 2 N–H and O–H groups in total. The first kappa shape index (κ1) is 22.3. The van der Waals surface area contributed by atoms with Crippen LogP contribution < -0.4 is 5.48 Å². The Morgan fingerprint density at radius 3 is 2.42 bits per heavy atom. The van der Waals surface area contributed by atoms with Gasteiger partial charge < -0.3 is 9.64 Å². The lowest BCUT2D eigenvalue weighted by molar-refractivity contribution is -0.175. The highest BCUT2D eigenvalue weighted by Crippen LogP contribution is 2.33. The molecule has 1 rings (SSSR count). The van der Waals surface area contributed by atoms with Gasteiger partial charge in [0.05, 0.1) is 0 Å². The van der Waals surface area contributed by atoms with Gasteiger partial charge in [-0.1, -0.05) is 19.8 Å². The van der Waals surface area contributed by atoms with E-state index in [1.165, 1.54) is 0 Å². The predicted molar refractivity (Wildman–Crippen MR) is 88.5 cm³/mol. The van der Waals surface area contributed by atoms with Crippen LogP contribution in [-0.2, 0) is 19.1 Å². The van der Waals surface area contributed by atoms with Crippen molar-refractivity contribution in [2.24, 2.45) is 5.92 Å². The molecule has 150 valence electrons. The van der Waals surface area contributed by atoms with Crippen LogP contribution in [0, 0.1) is 5.92 Å². The third-order valence-electron chi connectivity index (χ3n) is 4.20. The van der Waals surface area contributed by atoms with Gasteiger partial charge in [-0.3, -0.25) is 14.8 Å². The zero-order chi connectivity index (χ0) is 20.1. The summed E-state index contributed by atoms with van der Waals surface area (Å²) in [5.41, 5.74) is 0.154. The molecular formula is C17H28F2N2O5. The topological polar surface area (TPSA) is 95.9 Å². The number of nitrogens with zero attached hydrogens (tertiary/aromatic N) is 1. The van der Waals surface area contributed by atoms with E-state index in [4.69, 9.17) is 9.94 Å². The van der Waals surface area contributed by atoms with Crippen molar-refractivity contribution in [1.29, 1.82) is 0 Å². The third-order valence-corrected chi connectivity index (χ3v) is 4.20. The number of halogens is 2. The zero-order valence-electron chi connectivity index (χ0n) is 15.7. The molecule has 0 unspecified atom stereocenters. The Morgan fingerprint density at radius 2 is 1.92 bits per heavy atom.